The Morgan fingerprint density at radius 1 is 1.11 bits per heavy atom. The standard InChI is InChI=1S/C19H14F2N4O2S/c20-13-4-6-15(7-5-13)25-10-12(9-16(25)26)18-23-24-19(28-18)22-17(27)11-2-1-3-14(21)8-11/h1-8,12H,9-10H2,(H,22,24,27). The van der Waals surface area contributed by atoms with E-state index in [-0.39, 0.29) is 34.8 Å². The van der Waals surface area contributed by atoms with Crippen molar-refractivity contribution in [1.82, 2.24) is 10.2 Å². The van der Waals surface area contributed by atoms with Crippen molar-refractivity contribution < 1.29 is 18.4 Å². The number of hydrogen-bond donors (Lipinski definition) is 1. The third-order valence-corrected chi connectivity index (χ3v) is 5.36. The van der Waals surface area contributed by atoms with Crippen molar-refractivity contribution in [1.29, 1.82) is 0 Å². The topological polar surface area (TPSA) is 75.2 Å². The Morgan fingerprint density at radius 2 is 1.89 bits per heavy atom. The highest BCUT2D eigenvalue weighted by molar-refractivity contribution is 7.15. The number of amides is 2. The average molecular weight is 400 g/mol. The molecule has 1 aliphatic rings. The van der Waals surface area contributed by atoms with Gasteiger partial charge in [-0.15, -0.1) is 10.2 Å². The summed E-state index contributed by atoms with van der Waals surface area (Å²) in [5.74, 6) is -1.62. The Labute approximate surface area is 162 Å². The zero-order valence-corrected chi connectivity index (χ0v) is 15.2. The summed E-state index contributed by atoms with van der Waals surface area (Å²) in [4.78, 5) is 26.1. The molecule has 0 radical (unpaired) electrons. The van der Waals surface area contributed by atoms with Gasteiger partial charge in [0.1, 0.15) is 16.6 Å². The van der Waals surface area contributed by atoms with Gasteiger partial charge in [0.2, 0.25) is 11.0 Å². The zero-order chi connectivity index (χ0) is 19.7. The molecule has 3 aromatic rings. The number of carbonyl (C=O) groups is 2. The first-order valence-electron chi connectivity index (χ1n) is 8.46. The van der Waals surface area contributed by atoms with Crippen molar-refractivity contribution in [3.63, 3.8) is 0 Å². The third-order valence-electron chi connectivity index (χ3n) is 4.36. The third kappa shape index (κ3) is 3.74. The molecule has 9 heteroatoms. The van der Waals surface area contributed by atoms with Crippen molar-refractivity contribution >= 4 is 34.0 Å². The van der Waals surface area contributed by atoms with Crippen LogP contribution in [0.4, 0.5) is 19.6 Å². The minimum atomic E-state index is -0.504. The number of carbonyl (C=O) groups excluding carboxylic acids is 2. The molecule has 142 valence electrons. The smallest absolute Gasteiger partial charge is 0.257 e. The van der Waals surface area contributed by atoms with Crippen molar-refractivity contribution in [3.8, 4) is 0 Å². The molecular weight excluding hydrogens is 386 g/mol. The molecule has 0 saturated carbocycles. The lowest BCUT2D eigenvalue weighted by molar-refractivity contribution is -0.117. The molecule has 2 aromatic carbocycles. The summed E-state index contributed by atoms with van der Waals surface area (Å²) in [6, 6.07) is 11.1. The van der Waals surface area contributed by atoms with Gasteiger partial charge in [0.15, 0.2) is 0 Å². The minimum absolute atomic E-state index is 0.0860. The summed E-state index contributed by atoms with van der Waals surface area (Å²) in [6.45, 7) is 0.400. The molecule has 1 atom stereocenters. The highest BCUT2D eigenvalue weighted by Crippen LogP contribution is 2.34. The van der Waals surface area contributed by atoms with E-state index in [0.717, 1.165) is 6.07 Å². The van der Waals surface area contributed by atoms with Crippen LogP contribution in [-0.2, 0) is 4.79 Å². The van der Waals surface area contributed by atoms with Gasteiger partial charge in [-0.2, -0.15) is 0 Å². The van der Waals surface area contributed by atoms with Crippen LogP contribution < -0.4 is 10.2 Å². The second-order valence-electron chi connectivity index (χ2n) is 6.29. The van der Waals surface area contributed by atoms with Gasteiger partial charge in [0.25, 0.3) is 5.91 Å². The zero-order valence-electron chi connectivity index (χ0n) is 14.4. The number of aromatic nitrogens is 2. The van der Waals surface area contributed by atoms with Crippen molar-refractivity contribution in [2.45, 2.75) is 12.3 Å². The van der Waals surface area contributed by atoms with Crippen LogP contribution in [0.1, 0.15) is 27.7 Å². The molecule has 4 rings (SSSR count). The summed E-state index contributed by atoms with van der Waals surface area (Å²) in [5, 5.41) is 11.5. The van der Waals surface area contributed by atoms with Crippen molar-refractivity contribution in [2.75, 3.05) is 16.8 Å². The molecule has 0 aliphatic carbocycles. The van der Waals surface area contributed by atoms with Crippen LogP contribution in [0.25, 0.3) is 0 Å². The van der Waals surface area contributed by atoms with E-state index >= 15 is 0 Å². The van der Waals surface area contributed by atoms with Gasteiger partial charge >= 0.3 is 0 Å². The van der Waals surface area contributed by atoms with Gasteiger partial charge in [-0.1, -0.05) is 17.4 Å². The van der Waals surface area contributed by atoms with Gasteiger partial charge in [-0.25, -0.2) is 8.78 Å². The highest BCUT2D eigenvalue weighted by atomic mass is 32.1. The summed E-state index contributed by atoms with van der Waals surface area (Å²) < 4.78 is 26.3. The average Bonchev–Trinajstić information content (AvgIpc) is 3.29. The fraction of sp³-hybridized carbons (Fsp3) is 0.158. The Balaban J connectivity index is 1.45. The van der Waals surface area contributed by atoms with Gasteiger partial charge < -0.3 is 4.90 Å². The monoisotopic (exact) mass is 400 g/mol. The molecule has 1 aromatic heterocycles. The summed E-state index contributed by atoms with van der Waals surface area (Å²) >= 11 is 1.17. The Bertz CT molecular complexity index is 1040. The molecule has 1 N–H and O–H groups in total. The van der Waals surface area contributed by atoms with Crippen LogP contribution in [-0.4, -0.2) is 28.6 Å². The molecule has 2 amide bonds. The van der Waals surface area contributed by atoms with E-state index in [1.165, 1.54) is 41.7 Å². The van der Waals surface area contributed by atoms with E-state index in [1.807, 2.05) is 0 Å². The van der Waals surface area contributed by atoms with E-state index < -0.39 is 11.7 Å². The maximum atomic E-state index is 13.2. The lowest BCUT2D eigenvalue weighted by Gasteiger charge is -2.16. The number of hydrogen-bond acceptors (Lipinski definition) is 5. The lowest BCUT2D eigenvalue weighted by Crippen LogP contribution is -2.24. The van der Waals surface area contributed by atoms with Gasteiger partial charge in [-0.3, -0.25) is 14.9 Å². The molecule has 1 aliphatic heterocycles. The van der Waals surface area contributed by atoms with Crippen molar-refractivity contribution in [3.05, 3.63) is 70.7 Å². The maximum Gasteiger partial charge on any atom is 0.257 e. The molecule has 6 nitrogen and oxygen atoms in total. The molecule has 1 unspecified atom stereocenters. The fourth-order valence-corrected chi connectivity index (χ4v) is 3.82. The minimum Gasteiger partial charge on any atom is -0.312 e. The Kier molecular flexibility index (Phi) is 4.82. The second-order valence-corrected chi connectivity index (χ2v) is 7.30. The lowest BCUT2D eigenvalue weighted by atomic mass is 10.1. The van der Waals surface area contributed by atoms with Crippen LogP contribution in [0, 0.1) is 11.6 Å². The number of nitrogens with zero attached hydrogens (tertiary/aromatic N) is 3. The molecule has 0 spiro atoms. The van der Waals surface area contributed by atoms with Crippen LogP contribution in [0.15, 0.2) is 48.5 Å². The van der Waals surface area contributed by atoms with E-state index in [0.29, 0.717) is 17.2 Å². The molecule has 1 fully saturated rings. The van der Waals surface area contributed by atoms with Crippen LogP contribution >= 0.6 is 11.3 Å². The summed E-state index contributed by atoms with van der Waals surface area (Å²) in [7, 11) is 0. The van der Waals surface area contributed by atoms with Crippen LogP contribution in [0.5, 0.6) is 0 Å². The predicted octanol–water partition coefficient (Wildman–Crippen LogP) is 3.59. The Morgan fingerprint density at radius 3 is 2.64 bits per heavy atom. The highest BCUT2D eigenvalue weighted by Gasteiger charge is 2.34. The van der Waals surface area contributed by atoms with Crippen LogP contribution in [0.3, 0.4) is 0 Å². The quantitative estimate of drug-likeness (QED) is 0.726. The normalized spacial score (nSPS) is 16.4. The molecule has 0 bridgehead atoms. The van der Waals surface area contributed by atoms with E-state index in [4.69, 9.17) is 0 Å². The van der Waals surface area contributed by atoms with E-state index in [1.54, 1.807) is 17.0 Å². The Hall–Kier alpha value is -3.20. The number of rotatable bonds is 4. The fourth-order valence-electron chi connectivity index (χ4n) is 2.99. The summed E-state index contributed by atoms with van der Waals surface area (Å²) in [5.41, 5.74) is 0.799. The summed E-state index contributed by atoms with van der Waals surface area (Å²) in [6.07, 6.45) is 0.254. The molecule has 28 heavy (non-hydrogen) atoms. The van der Waals surface area contributed by atoms with Crippen LogP contribution in [0.2, 0.25) is 0 Å². The van der Waals surface area contributed by atoms with Gasteiger partial charge in [0, 0.05) is 30.1 Å². The number of halogens is 2. The molecular formula is C19H14F2N4O2S. The number of anilines is 2. The number of benzene rings is 2. The first-order valence-corrected chi connectivity index (χ1v) is 9.27. The van der Waals surface area contributed by atoms with E-state index in [2.05, 4.69) is 15.5 Å². The first-order chi connectivity index (χ1) is 13.5. The first kappa shape index (κ1) is 18.2. The largest absolute Gasteiger partial charge is 0.312 e. The van der Waals surface area contributed by atoms with Gasteiger partial charge in [0.05, 0.1) is 0 Å². The second kappa shape index (κ2) is 7.43. The van der Waals surface area contributed by atoms with Gasteiger partial charge in [-0.05, 0) is 42.5 Å². The maximum absolute atomic E-state index is 13.2. The number of nitrogens with one attached hydrogen (secondary N) is 1. The molecule has 2 heterocycles. The molecule has 1 saturated heterocycles. The predicted molar refractivity (Wildman–Crippen MR) is 100 cm³/mol. The SMILES string of the molecule is O=C(Nc1nnc(C2CC(=O)N(c3ccc(F)cc3)C2)s1)c1cccc(F)c1. The van der Waals surface area contributed by atoms with Crippen molar-refractivity contribution in [2.24, 2.45) is 0 Å². The van der Waals surface area contributed by atoms with E-state index in [9.17, 15) is 18.4 Å².